The Balaban J connectivity index is 1.96. The van der Waals surface area contributed by atoms with E-state index in [1.54, 1.807) is 18.2 Å². The number of carboxylic acid groups (broad SMARTS) is 1. The van der Waals surface area contributed by atoms with Crippen LogP contribution < -0.4 is 5.32 Å². The largest absolute Gasteiger partial charge is 0.478 e. The standard InChI is InChI=1S/C23H18ClN3O3/c1-14-10-16(15(2)27(14)19-7-5-6-18(24)12-19)11-17(13-25)22(28)26-21-9-4-3-8-20(21)23(29)30/h3-12H,1-2H3,(H,26,28)(H,29,30). The monoisotopic (exact) mass is 419 g/mol. The van der Waals surface area contributed by atoms with Crippen LogP contribution in [0.25, 0.3) is 11.8 Å². The molecule has 0 saturated carbocycles. The zero-order chi connectivity index (χ0) is 21.8. The van der Waals surface area contributed by atoms with Gasteiger partial charge in [0.05, 0.1) is 11.3 Å². The lowest BCUT2D eigenvalue weighted by Gasteiger charge is -2.10. The molecule has 0 unspecified atom stereocenters. The smallest absolute Gasteiger partial charge is 0.337 e. The summed E-state index contributed by atoms with van der Waals surface area (Å²) >= 11 is 6.10. The zero-order valence-corrected chi connectivity index (χ0v) is 17.1. The number of aryl methyl sites for hydroxylation is 1. The van der Waals surface area contributed by atoms with Crippen molar-refractivity contribution in [2.45, 2.75) is 13.8 Å². The second-order valence-corrected chi connectivity index (χ2v) is 7.05. The number of aromatic carboxylic acids is 1. The van der Waals surface area contributed by atoms with Gasteiger partial charge in [0.15, 0.2) is 0 Å². The first-order valence-corrected chi connectivity index (χ1v) is 9.40. The lowest BCUT2D eigenvalue weighted by Crippen LogP contribution is -2.16. The number of aromatic nitrogens is 1. The minimum absolute atomic E-state index is 0.0534. The maximum Gasteiger partial charge on any atom is 0.337 e. The van der Waals surface area contributed by atoms with Crippen LogP contribution in [0, 0.1) is 25.2 Å². The summed E-state index contributed by atoms with van der Waals surface area (Å²) in [6.07, 6.45) is 1.49. The molecule has 30 heavy (non-hydrogen) atoms. The van der Waals surface area contributed by atoms with Crippen LogP contribution in [0.15, 0.2) is 60.2 Å². The molecular formula is C23H18ClN3O3. The van der Waals surface area contributed by atoms with Crippen molar-refractivity contribution in [2.75, 3.05) is 5.32 Å². The second kappa shape index (κ2) is 8.68. The maximum absolute atomic E-state index is 12.6. The summed E-state index contributed by atoms with van der Waals surface area (Å²) in [5.74, 6) is -1.85. The van der Waals surface area contributed by atoms with E-state index in [1.807, 2.05) is 48.7 Å². The van der Waals surface area contributed by atoms with Crippen molar-refractivity contribution in [1.82, 2.24) is 4.57 Å². The summed E-state index contributed by atoms with van der Waals surface area (Å²) in [6, 6.07) is 17.2. The first kappa shape index (κ1) is 20.9. The molecule has 0 fully saturated rings. The molecule has 0 spiro atoms. The molecule has 3 aromatic rings. The molecule has 1 heterocycles. The Hall–Kier alpha value is -3.82. The van der Waals surface area contributed by atoms with Gasteiger partial charge in [-0.05, 0) is 61.9 Å². The van der Waals surface area contributed by atoms with E-state index in [4.69, 9.17) is 11.6 Å². The van der Waals surface area contributed by atoms with E-state index in [9.17, 15) is 20.0 Å². The molecule has 7 heteroatoms. The predicted molar refractivity (Wildman–Crippen MR) is 116 cm³/mol. The molecule has 0 bridgehead atoms. The first-order chi connectivity index (χ1) is 14.3. The minimum Gasteiger partial charge on any atom is -0.478 e. The Labute approximate surface area is 178 Å². The molecule has 1 amide bonds. The molecule has 0 radical (unpaired) electrons. The van der Waals surface area contributed by atoms with Crippen molar-refractivity contribution < 1.29 is 14.7 Å². The first-order valence-electron chi connectivity index (χ1n) is 9.02. The average molecular weight is 420 g/mol. The highest BCUT2D eigenvalue weighted by Crippen LogP contribution is 2.25. The Morgan fingerprint density at radius 3 is 2.53 bits per heavy atom. The molecule has 2 aromatic carbocycles. The van der Waals surface area contributed by atoms with Gasteiger partial charge in [-0.15, -0.1) is 0 Å². The van der Waals surface area contributed by atoms with Crippen molar-refractivity contribution in [2.24, 2.45) is 0 Å². The van der Waals surface area contributed by atoms with Gasteiger partial charge in [-0.25, -0.2) is 4.79 Å². The quantitative estimate of drug-likeness (QED) is 0.449. The van der Waals surface area contributed by atoms with Gasteiger partial charge in [-0.2, -0.15) is 5.26 Å². The summed E-state index contributed by atoms with van der Waals surface area (Å²) in [5.41, 5.74) is 3.25. The number of hydrogen-bond acceptors (Lipinski definition) is 3. The SMILES string of the molecule is Cc1cc(C=C(C#N)C(=O)Nc2ccccc2C(=O)O)c(C)n1-c1cccc(Cl)c1. The average Bonchev–Trinajstić information content (AvgIpc) is 2.99. The van der Waals surface area contributed by atoms with Crippen LogP contribution in [0.4, 0.5) is 5.69 Å². The van der Waals surface area contributed by atoms with E-state index in [1.165, 1.54) is 18.2 Å². The number of anilines is 1. The van der Waals surface area contributed by atoms with Gasteiger partial charge in [-0.1, -0.05) is 29.8 Å². The van der Waals surface area contributed by atoms with Crippen molar-refractivity contribution in [1.29, 1.82) is 5.26 Å². The highest BCUT2D eigenvalue weighted by atomic mass is 35.5. The fourth-order valence-electron chi connectivity index (χ4n) is 3.22. The van der Waals surface area contributed by atoms with Crippen LogP contribution in [-0.4, -0.2) is 21.6 Å². The number of carbonyl (C=O) groups excluding carboxylic acids is 1. The number of amides is 1. The number of halogens is 1. The van der Waals surface area contributed by atoms with Crippen LogP contribution >= 0.6 is 11.6 Å². The van der Waals surface area contributed by atoms with Crippen LogP contribution in [-0.2, 0) is 4.79 Å². The molecule has 0 atom stereocenters. The van der Waals surface area contributed by atoms with Gasteiger partial charge < -0.3 is 15.0 Å². The fourth-order valence-corrected chi connectivity index (χ4v) is 3.40. The van der Waals surface area contributed by atoms with Crippen LogP contribution in [0.1, 0.15) is 27.3 Å². The maximum atomic E-state index is 12.6. The number of nitriles is 1. The number of hydrogen-bond donors (Lipinski definition) is 2. The molecule has 1 aromatic heterocycles. The van der Waals surface area contributed by atoms with Crippen LogP contribution in [0.5, 0.6) is 0 Å². The number of nitrogens with zero attached hydrogens (tertiary/aromatic N) is 2. The molecule has 0 saturated heterocycles. The summed E-state index contributed by atoms with van der Waals surface area (Å²) in [6.45, 7) is 3.80. The Morgan fingerprint density at radius 1 is 1.13 bits per heavy atom. The molecule has 3 rings (SSSR count). The summed E-state index contributed by atoms with van der Waals surface area (Å²) in [4.78, 5) is 24.0. The van der Waals surface area contributed by atoms with Gasteiger partial charge in [0.25, 0.3) is 5.91 Å². The number of para-hydroxylation sites is 1. The number of rotatable bonds is 5. The Bertz CT molecular complexity index is 1220. The third-order valence-electron chi connectivity index (χ3n) is 4.61. The number of carboxylic acids is 1. The van der Waals surface area contributed by atoms with Crippen molar-refractivity contribution in [3.8, 4) is 11.8 Å². The summed E-state index contributed by atoms with van der Waals surface area (Å²) in [5, 5.41) is 21.9. The molecule has 2 N–H and O–H groups in total. The van der Waals surface area contributed by atoms with Gasteiger partial charge in [-0.3, -0.25) is 4.79 Å². The molecule has 0 aliphatic rings. The summed E-state index contributed by atoms with van der Waals surface area (Å²) in [7, 11) is 0. The molecule has 0 aliphatic carbocycles. The van der Waals surface area contributed by atoms with Gasteiger partial charge in [0, 0.05) is 22.1 Å². The number of benzene rings is 2. The van der Waals surface area contributed by atoms with E-state index in [2.05, 4.69) is 5.32 Å². The summed E-state index contributed by atoms with van der Waals surface area (Å²) < 4.78 is 1.98. The highest BCUT2D eigenvalue weighted by Gasteiger charge is 2.16. The second-order valence-electron chi connectivity index (χ2n) is 6.62. The predicted octanol–water partition coefficient (Wildman–Crippen LogP) is 4.99. The molecule has 0 aliphatic heterocycles. The number of nitrogens with one attached hydrogen (secondary N) is 1. The van der Waals surface area contributed by atoms with Crippen molar-refractivity contribution >= 4 is 35.2 Å². The third kappa shape index (κ3) is 4.27. The molecule has 6 nitrogen and oxygen atoms in total. The fraction of sp³-hybridized carbons (Fsp3) is 0.0870. The van der Waals surface area contributed by atoms with E-state index in [0.717, 1.165) is 17.1 Å². The lowest BCUT2D eigenvalue weighted by molar-refractivity contribution is -0.112. The third-order valence-corrected chi connectivity index (χ3v) is 4.84. The molecule has 150 valence electrons. The van der Waals surface area contributed by atoms with Crippen molar-refractivity contribution in [3.63, 3.8) is 0 Å². The Kier molecular flexibility index (Phi) is 6.05. The van der Waals surface area contributed by atoms with Crippen molar-refractivity contribution in [3.05, 3.63) is 87.7 Å². The van der Waals surface area contributed by atoms with Gasteiger partial charge in [0.1, 0.15) is 11.6 Å². The lowest BCUT2D eigenvalue weighted by atomic mass is 10.1. The highest BCUT2D eigenvalue weighted by molar-refractivity contribution is 6.30. The van der Waals surface area contributed by atoms with Gasteiger partial charge in [0.2, 0.25) is 0 Å². The number of carbonyl (C=O) groups is 2. The normalized spacial score (nSPS) is 11.1. The Morgan fingerprint density at radius 2 is 1.87 bits per heavy atom. The van der Waals surface area contributed by atoms with E-state index < -0.39 is 11.9 Å². The molecular weight excluding hydrogens is 402 g/mol. The van der Waals surface area contributed by atoms with E-state index >= 15 is 0 Å². The zero-order valence-electron chi connectivity index (χ0n) is 16.3. The minimum atomic E-state index is -1.17. The van der Waals surface area contributed by atoms with Crippen LogP contribution in [0.2, 0.25) is 5.02 Å². The van der Waals surface area contributed by atoms with Gasteiger partial charge >= 0.3 is 5.97 Å². The van der Waals surface area contributed by atoms with Crippen LogP contribution in [0.3, 0.4) is 0 Å². The van der Waals surface area contributed by atoms with E-state index in [0.29, 0.717) is 10.6 Å². The topological polar surface area (TPSA) is 95.1 Å². The van der Waals surface area contributed by atoms with E-state index in [-0.39, 0.29) is 16.8 Å².